The van der Waals surface area contributed by atoms with E-state index in [1.807, 2.05) is 71.1 Å². The molecule has 1 aliphatic heterocycles. The average molecular weight is 326 g/mol. The third-order valence-electron chi connectivity index (χ3n) is 4.11. The summed E-state index contributed by atoms with van der Waals surface area (Å²) in [6.45, 7) is 3.40. The van der Waals surface area contributed by atoms with Crippen LogP contribution in [0.15, 0.2) is 59.5 Å². The smallest absolute Gasteiger partial charge is 0.246 e. The summed E-state index contributed by atoms with van der Waals surface area (Å²) in [4.78, 5) is 18.0. The quantitative estimate of drug-likeness (QED) is 0.850. The first-order valence-electron chi connectivity index (χ1n) is 7.97. The summed E-state index contributed by atoms with van der Waals surface area (Å²) in [5, 5.41) is 0.529. The summed E-state index contributed by atoms with van der Waals surface area (Å²) in [6, 6.07) is 18.3. The van der Waals surface area contributed by atoms with E-state index in [1.54, 1.807) is 0 Å². The van der Waals surface area contributed by atoms with Crippen molar-refractivity contribution in [1.82, 2.24) is 0 Å². The number of para-hydroxylation sites is 2. The highest BCUT2D eigenvalue weighted by atomic mass is 32.2. The van der Waals surface area contributed by atoms with Gasteiger partial charge >= 0.3 is 0 Å². The second kappa shape index (κ2) is 7.09. The Kier molecular flexibility index (Phi) is 4.91. The summed E-state index contributed by atoms with van der Waals surface area (Å²) < 4.78 is 0. The highest BCUT2D eigenvalue weighted by molar-refractivity contribution is 8.00. The van der Waals surface area contributed by atoms with Gasteiger partial charge in [0.1, 0.15) is 0 Å². The molecule has 0 fully saturated rings. The molecule has 1 heterocycles. The van der Waals surface area contributed by atoms with Crippen molar-refractivity contribution >= 4 is 29.0 Å². The molecule has 3 rings (SSSR count). The Bertz CT molecular complexity index is 674. The Morgan fingerprint density at radius 1 is 1.17 bits per heavy atom. The number of likely N-dealkylation sites (N-methyl/N-ethyl adjacent to an activating group) is 1. The van der Waals surface area contributed by atoms with Crippen LogP contribution in [0.1, 0.15) is 13.3 Å². The first kappa shape index (κ1) is 15.9. The lowest BCUT2D eigenvalue weighted by Gasteiger charge is -2.26. The molecule has 0 aromatic heterocycles. The number of amides is 1. The summed E-state index contributed by atoms with van der Waals surface area (Å²) >= 11 is 1.86. The van der Waals surface area contributed by atoms with Gasteiger partial charge in [0, 0.05) is 29.4 Å². The number of hydrogen-bond acceptors (Lipinski definition) is 3. The Morgan fingerprint density at radius 3 is 2.65 bits per heavy atom. The van der Waals surface area contributed by atoms with Gasteiger partial charge in [-0.2, -0.15) is 0 Å². The van der Waals surface area contributed by atoms with Crippen LogP contribution in [0.3, 0.4) is 0 Å². The number of nitrogens with zero attached hydrogens (tertiary/aromatic N) is 2. The van der Waals surface area contributed by atoms with E-state index >= 15 is 0 Å². The van der Waals surface area contributed by atoms with E-state index in [2.05, 4.69) is 19.1 Å². The monoisotopic (exact) mass is 326 g/mol. The maximum absolute atomic E-state index is 12.9. The van der Waals surface area contributed by atoms with Crippen LogP contribution < -0.4 is 9.80 Å². The van der Waals surface area contributed by atoms with E-state index in [9.17, 15) is 4.79 Å². The molecule has 120 valence electrons. The Morgan fingerprint density at radius 2 is 1.87 bits per heavy atom. The molecule has 0 spiro atoms. The lowest BCUT2D eigenvalue weighted by atomic mass is 10.2. The highest BCUT2D eigenvalue weighted by Gasteiger charge is 2.24. The van der Waals surface area contributed by atoms with Crippen LogP contribution in [0.25, 0.3) is 0 Å². The minimum atomic E-state index is 0.151. The number of hydrogen-bond donors (Lipinski definition) is 0. The van der Waals surface area contributed by atoms with Crippen molar-refractivity contribution < 1.29 is 4.79 Å². The first-order chi connectivity index (χ1) is 11.1. The van der Waals surface area contributed by atoms with Crippen LogP contribution >= 0.6 is 11.8 Å². The molecule has 0 radical (unpaired) electrons. The second-order valence-corrected chi connectivity index (χ2v) is 7.40. The molecule has 4 heteroatoms. The third kappa shape index (κ3) is 3.70. The normalized spacial score (nSPS) is 17.3. The van der Waals surface area contributed by atoms with Crippen molar-refractivity contribution in [2.45, 2.75) is 23.5 Å². The van der Waals surface area contributed by atoms with Gasteiger partial charge in [0.25, 0.3) is 0 Å². The molecule has 0 aliphatic carbocycles. The molecule has 0 N–H and O–H groups in total. The Hall–Kier alpha value is -1.94. The largest absolute Gasteiger partial charge is 0.365 e. The van der Waals surface area contributed by atoms with Gasteiger partial charge < -0.3 is 9.80 Å². The molecule has 0 bridgehead atoms. The van der Waals surface area contributed by atoms with E-state index in [0.29, 0.717) is 11.8 Å². The van der Waals surface area contributed by atoms with Crippen molar-refractivity contribution in [3.05, 3.63) is 54.6 Å². The van der Waals surface area contributed by atoms with Crippen LogP contribution in [0.4, 0.5) is 11.4 Å². The van der Waals surface area contributed by atoms with Crippen LogP contribution in [-0.4, -0.2) is 31.3 Å². The lowest BCUT2D eigenvalue weighted by molar-refractivity contribution is -0.117. The molecule has 1 unspecified atom stereocenters. The summed E-state index contributed by atoms with van der Waals surface area (Å²) in [7, 11) is 1.97. The second-order valence-electron chi connectivity index (χ2n) is 5.92. The van der Waals surface area contributed by atoms with E-state index in [1.165, 1.54) is 4.90 Å². The van der Waals surface area contributed by atoms with Gasteiger partial charge in [-0.25, -0.2) is 0 Å². The van der Waals surface area contributed by atoms with E-state index < -0.39 is 0 Å². The zero-order chi connectivity index (χ0) is 16.2. The van der Waals surface area contributed by atoms with Gasteiger partial charge in [0.15, 0.2) is 0 Å². The number of fused-ring (bicyclic) bond motifs is 1. The number of benzene rings is 2. The van der Waals surface area contributed by atoms with Crippen molar-refractivity contribution in [2.75, 3.05) is 29.9 Å². The number of anilines is 2. The van der Waals surface area contributed by atoms with Gasteiger partial charge in [-0.3, -0.25) is 4.79 Å². The van der Waals surface area contributed by atoms with Crippen LogP contribution in [-0.2, 0) is 4.79 Å². The standard InChI is InChI=1S/C19H22N2OS/c1-15-12-13-21(17-10-6-7-11-18(17)23-15)19(22)14-20(2)16-8-4-3-5-9-16/h3-11,15H,12-14H2,1-2H3. The maximum atomic E-state index is 12.9. The van der Waals surface area contributed by atoms with E-state index in [0.717, 1.165) is 24.3 Å². The molecule has 2 aromatic rings. The van der Waals surface area contributed by atoms with Gasteiger partial charge in [0.05, 0.1) is 12.2 Å². The number of rotatable bonds is 3. The zero-order valence-corrected chi connectivity index (χ0v) is 14.4. The molecular weight excluding hydrogens is 304 g/mol. The van der Waals surface area contributed by atoms with Crippen molar-refractivity contribution in [3.63, 3.8) is 0 Å². The molecular formula is C19H22N2OS. The first-order valence-corrected chi connectivity index (χ1v) is 8.85. The molecule has 2 aromatic carbocycles. The number of carbonyl (C=O) groups is 1. The molecule has 1 amide bonds. The fraction of sp³-hybridized carbons (Fsp3) is 0.316. The molecule has 0 saturated heterocycles. The average Bonchev–Trinajstić information content (AvgIpc) is 2.73. The molecule has 3 nitrogen and oxygen atoms in total. The predicted molar refractivity (Wildman–Crippen MR) is 98.4 cm³/mol. The summed E-state index contributed by atoms with van der Waals surface area (Å²) in [6.07, 6.45) is 1.01. The molecule has 1 aliphatic rings. The van der Waals surface area contributed by atoms with Gasteiger partial charge in [0.2, 0.25) is 5.91 Å². The molecule has 0 saturated carbocycles. The van der Waals surface area contributed by atoms with E-state index in [-0.39, 0.29) is 5.91 Å². The highest BCUT2D eigenvalue weighted by Crippen LogP contribution is 2.37. The number of thioether (sulfide) groups is 1. The summed E-state index contributed by atoms with van der Waals surface area (Å²) in [5.74, 6) is 0.151. The topological polar surface area (TPSA) is 23.6 Å². The fourth-order valence-electron chi connectivity index (χ4n) is 2.81. The molecule has 1 atom stereocenters. The van der Waals surface area contributed by atoms with Crippen LogP contribution in [0, 0.1) is 0 Å². The Balaban J connectivity index is 1.79. The van der Waals surface area contributed by atoms with Crippen LogP contribution in [0.5, 0.6) is 0 Å². The summed E-state index contributed by atoms with van der Waals surface area (Å²) in [5.41, 5.74) is 2.11. The lowest BCUT2D eigenvalue weighted by Crippen LogP contribution is -2.40. The van der Waals surface area contributed by atoms with Gasteiger partial charge in [-0.05, 0) is 30.7 Å². The van der Waals surface area contributed by atoms with Crippen molar-refractivity contribution in [3.8, 4) is 0 Å². The number of carbonyl (C=O) groups excluding carboxylic acids is 1. The van der Waals surface area contributed by atoms with Crippen molar-refractivity contribution in [1.29, 1.82) is 0 Å². The maximum Gasteiger partial charge on any atom is 0.246 e. The minimum Gasteiger partial charge on any atom is -0.365 e. The van der Waals surface area contributed by atoms with Crippen LogP contribution in [0.2, 0.25) is 0 Å². The molecule has 23 heavy (non-hydrogen) atoms. The third-order valence-corrected chi connectivity index (χ3v) is 5.35. The van der Waals surface area contributed by atoms with Gasteiger partial charge in [-0.1, -0.05) is 37.3 Å². The van der Waals surface area contributed by atoms with E-state index in [4.69, 9.17) is 0 Å². The van der Waals surface area contributed by atoms with Crippen molar-refractivity contribution in [2.24, 2.45) is 0 Å². The minimum absolute atomic E-state index is 0.151. The Labute approximate surface area is 142 Å². The zero-order valence-electron chi connectivity index (χ0n) is 13.6. The fourth-order valence-corrected chi connectivity index (χ4v) is 3.92. The SMILES string of the molecule is CC1CCN(C(=O)CN(C)c2ccccc2)c2ccccc2S1. The predicted octanol–water partition coefficient (Wildman–Crippen LogP) is 4.04. The van der Waals surface area contributed by atoms with Gasteiger partial charge in [-0.15, -0.1) is 11.8 Å².